The van der Waals surface area contributed by atoms with Gasteiger partial charge in [-0.15, -0.1) is 0 Å². The van der Waals surface area contributed by atoms with Gasteiger partial charge in [-0.25, -0.2) is 0 Å². The summed E-state index contributed by atoms with van der Waals surface area (Å²) in [6.07, 6.45) is 0.980. The van der Waals surface area contributed by atoms with Gasteiger partial charge in [0.1, 0.15) is 0 Å². The lowest BCUT2D eigenvalue weighted by atomic mass is 10.1. The van der Waals surface area contributed by atoms with Crippen LogP contribution in [0.4, 0.5) is 17.1 Å². The van der Waals surface area contributed by atoms with Crippen molar-refractivity contribution < 1.29 is 4.79 Å². The van der Waals surface area contributed by atoms with Crippen LogP contribution in [0.15, 0.2) is 42.5 Å². The molecule has 0 N–H and O–H groups in total. The van der Waals surface area contributed by atoms with Gasteiger partial charge in [-0.1, -0.05) is 36.1 Å². The molecule has 0 saturated carbocycles. The van der Waals surface area contributed by atoms with Gasteiger partial charge in [0.25, 0.3) is 5.91 Å². The molecule has 25 heavy (non-hydrogen) atoms. The molecule has 4 rings (SSSR count). The predicted molar refractivity (Wildman–Crippen MR) is 102 cm³/mol. The average Bonchev–Trinajstić information content (AvgIpc) is 3.01. The van der Waals surface area contributed by atoms with Gasteiger partial charge in [0.05, 0.1) is 35.7 Å². The lowest BCUT2D eigenvalue weighted by Gasteiger charge is -2.23. The van der Waals surface area contributed by atoms with Crippen molar-refractivity contribution in [3.8, 4) is 11.8 Å². The minimum Gasteiger partial charge on any atom is -0.339 e. The zero-order valence-electron chi connectivity index (χ0n) is 14.6. The summed E-state index contributed by atoms with van der Waals surface area (Å²) in [6.45, 7) is 2.01. The van der Waals surface area contributed by atoms with Crippen molar-refractivity contribution in [1.29, 1.82) is 0 Å². The van der Waals surface area contributed by atoms with Gasteiger partial charge in [0.2, 0.25) is 0 Å². The molecule has 126 valence electrons. The molecule has 0 aliphatic carbocycles. The van der Waals surface area contributed by atoms with Crippen LogP contribution in [0.1, 0.15) is 15.9 Å². The van der Waals surface area contributed by atoms with E-state index >= 15 is 0 Å². The summed E-state index contributed by atoms with van der Waals surface area (Å²) in [7, 11) is 3.98. The average molecular weight is 331 g/mol. The lowest BCUT2D eigenvalue weighted by molar-refractivity contribution is 0.0991. The smallest absolute Gasteiger partial charge is 0.261 e. The van der Waals surface area contributed by atoms with Crippen LogP contribution in [0.5, 0.6) is 0 Å². The number of carbonyl (C=O) groups excluding carboxylic acids is 1. The number of benzene rings is 2. The maximum atomic E-state index is 13.3. The molecule has 0 radical (unpaired) electrons. The number of amides is 1. The van der Waals surface area contributed by atoms with Crippen molar-refractivity contribution in [3.05, 3.63) is 53.6 Å². The summed E-state index contributed by atoms with van der Waals surface area (Å²) in [5.41, 5.74) is 5.13. The molecule has 4 heteroatoms. The topological polar surface area (TPSA) is 26.8 Å². The molecule has 4 nitrogen and oxygen atoms in total. The molecule has 0 spiro atoms. The second-order valence-electron chi connectivity index (χ2n) is 6.69. The third-order valence-electron chi connectivity index (χ3n) is 4.69. The van der Waals surface area contributed by atoms with Gasteiger partial charge in [0.15, 0.2) is 0 Å². The Morgan fingerprint density at radius 1 is 1.04 bits per heavy atom. The van der Waals surface area contributed by atoms with Gasteiger partial charge in [-0.3, -0.25) is 14.6 Å². The van der Waals surface area contributed by atoms with Crippen LogP contribution in [0.25, 0.3) is 0 Å². The molecule has 0 saturated heterocycles. The second-order valence-corrected chi connectivity index (χ2v) is 6.69. The Labute approximate surface area is 148 Å². The number of carbonyl (C=O) groups is 1. The number of hydrogen-bond donors (Lipinski definition) is 0. The number of rotatable bonds is 2. The Kier molecular flexibility index (Phi) is 3.95. The number of para-hydroxylation sites is 3. The van der Waals surface area contributed by atoms with Gasteiger partial charge in [-0.2, -0.15) is 0 Å². The summed E-state index contributed by atoms with van der Waals surface area (Å²) in [4.78, 5) is 19.4. The van der Waals surface area contributed by atoms with Crippen molar-refractivity contribution in [2.45, 2.75) is 6.42 Å². The van der Waals surface area contributed by atoms with Crippen LogP contribution in [0, 0.1) is 11.8 Å². The Bertz CT molecular complexity index is 891. The van der Waals surface area contributed by atoms with E-state index < -0.39 is 0 Å². The Balaban J connectivity index is 1.80. The Morgan fingerprint density at radius 2 is 1.84 bits per heavy atom. The summed E-state index contributed by atoms with van der Waals surface area (Å²) < 4.78 is 0. The molecule has 0 fully saturated rings. The second kappa shape index (κ2) is 6.27. The van der Waals surface area contributed by atoms with Crippen LogP contribution in [0.2, 0.25) is 0 Å². The fourth-order valence-corrected chi connectivity index (χ4v) is 3.55. The fraction of sp³-hybridized carbons (Fsp3) is 0.286. The van der Waals surface area contributed by atoms with E-state index in [2.05, 4.69) is 28.9 Å². The molecule has 0 bridgehead atoms. The van der Waals surface area contributed by atoms with Crippen molar-refractivity contribution in [2.24, 2.45) is 0 Å². The first-order valence-electron chi connectivity index (χ1n) is 8.57. The molecular formula is C21H21N3O. The zero-order valence-corrected chi connectivity index (χ0v) is 14.6. The van der Waals surface area contributed by atoms with E-state index in [-0.39, 0.29) is 5.91 Å². The quantitative estimate of drug-likeness (QED) is 0.792. The SMILES string of the molecule is CN(C)CC#CCN1C(=O)c2cccc3c2N(CC3)c2ccccc21. The monoisotopic (exact) mass is 331 g/mol. The molecule has 2 aromatic rings. The fourth-order valence-electron chi connectivity index (χ4n) is 3.55. The number of nitrogens with zero attached hydrogens (tertiary/aromatic N) is 3. The summed E-state index contributed by atoms with van der Waals surface area (Å²) >= 11 is 0. The van der Waals surface area contributed by atoms with E-state index in [1.807, 2.05) is 54.2 Å². The first kappa shape index (κ1) is 15.7. The van der Waals surface area contributed by atoms with Crippen LogP contribution < -0.4 is 9.80 Å². The first-order chi connectivity index (χ1) is 12.2. The van der Waals surface area contributed by atoms with Crippen molar-refractivity contribution in [3.63, 3.8) is 0 Å². The predicted octanol–water partition coefficient (Wildman–Crippen LogP) is 2.91. The van der Waals surface area contributed by atoms with Gasteiger partial charge in [0, 0.05) is 6.54 Å². The van der Waals surface area contributed by atoms with Gasteiger partial charge >= 0.3 is 0 Å². The van der Waals surface area contributed by atoms with Crippen LogP contribution in [-0.4, -0.2) is 44.5 Å². The maximum Gasteiger partial charge on any atom is 0.261 e. The first-order valence-corrected chi connectivity index (χ1v) is 8.57. The standard InChI is InChI=1S/C21H21N3O/c1-22(2)13-5-6-14-24-19-11-4-3-10-18(19)23-15-12-16-8-7-9-17(20(16)23)21(24)25/h3-4,7-11H,12-15H2,1-2H3. The van der Waals surface area contributed by atoms with Gasteiger partial charge in [-0.05, 0) is 44.3 Å². The minimum absolute atomic E-state index is 0.0350. The molecule has 1 amide bonds. The Morgan fingerprint density at radius 3 is 2.64 bits per heavy atom. The molecule has 0 unspecified atom stereocenters. The molecule has 2 aromatic carbocycles. The third-order valence-corrected chi connectivity index (χ3v) is 4.69. The molecule has 0 atom stereocenters. The highest BCUT2D eigenvalue weighted by Gasteiger charge is 2.34. The molecule has 2 aliphatic rings. The number of fused-ring (bicyclic) bond motifs is 2. The van der Waals surface area contributed by atoms with E-state index in [0.717, 1.165) is 35.6 Å². The molecule has 2 heterocycles. The Hall–Kier alpha value is -2.77. The van der Waals surface area contributed by atoms with E-state index in [0.29, 0.717) is 13.1 Å². The highest BCUT2D eigenvalue weighted by atomic mass is 16.2. The zero-order chi connectivity index (χ0) is 17.4. The molecule has 2 aliphatic heterocycles. The van der Waals surface area contributed by atoms with Crippen LogP contribution in [-0.2, 0) is 6.42 Å². The molecular weight excluding hydrogens is 310 g/mol. The summed E-state index contributed by atoms with van der Waals surface area (Å²) in [6, 6.07) is 14.2. The number of anilines is 3. The summed E-state index contributed by atoms with van der Waals surface area (Å²) in [5, 5.41) is 0. The van der Waals surface area contributed by atoms with Crippen LogP contribution >= 0.6 is 0 Å². The highest BCUT2D eigenvalue weighted by Crippen LogP contribution is 2.44. The maximum absolute atomic E-state index is 13.3. The lowest BCUT2D eigenvalue weighted by Crippen LogP contribution is -2.31. The van der Waals surface area contributed by atoms with Crippen molar-refractivity contribution in [1.82, 2.24) is 4.90 Å². The van der Waals surface area contributed by atoms with E-state index in [4.69, 9.17) is 0 Å². The summed E-state index contributed by atoms with van der Waals surface area (Å²) in [5.74, 6) is 6.33. The third kappa shape index (κ3) is 2.67. The van der Waals surface area contributed by atoms with E-state index in [1.165, 1.54) is 5.56 Å². The normalized spacial score (nSPS) is 14.8. The largest absolute Gasteiger partial charge is 0.339 e. The van der Waals surface area contributed by atoms with Crippen LogP contribution in [0.3, 0.4) is 0 Å². The molecule has 0 aromatic heterocycles. The van der Waals surface area contributed by atoms with E-state index in [1.54, 1.807) is 0 Å². The van der Waals surface area contributed by atoms with Crippen molar-refractivity contribution >= 4 is 23.0 Å². The number of hydrogen-bond acceptors (Lipinski definition) is 3. The van der Waals surface area contributed by atoms with Gasteiger partial charge < -0.3 is 4.90 Å². The van der Waals surface area contributed by atoms with E-state index in [9.17, 15) is 4.79 Å². The highest BCUT2D eigenvalue weighted by molar-refractivity contribution is 6.15. The minimum atomic E-state index is 0.0350. The van der Waals surface area contributed by atoms with Crippen molar-refractivity contribution in [2.75, 3.05) is 43.5 Å².